The van der Waals surface area contributed by atoms with E-state index in [2.05, 4.69) is 115 Å². The fraction of sp³-hybridized carbons (Fsp3) is 0.417. The number of fused-ring (bicyclic) bond motifs is 3. The number of carbonyl (C=O) groups excluding carboxylic acids is 1. The molecular formula is C48H58IrNO2S2-. The molecule has 6 heteroatoms. The van der Waals surface area contributed by atoms with Crippen LogP contribution < -0.4 is 0 Å². The Labute approximate surface area is 345 Å². The van der Waals surface area contributed by atoms with Crippen molar-refractivity contribution in [1.29, 1.82) is 0 Å². The number of pyridine rings is 1. The molecule has 0 aliphatic carbocycles. The van der Waals surface area contributed by atoms with Crippen LogP contribution in [0.25, 0.3) is 53.5 Å². The van der Waals surface area contributed by atoms with E-state index in [1.165, 1.54) is 58.3 Å². The van der Waals surface area contributed by atoms with Gasteiger partial charge in [0.2, 0.25) is 0 Å². The number of ketones is 1. The number of aliphatic hydroxyl groups is 1. The van der Waals surface area contributed by atoms with Gasteiger partial charge < -0.3 is 5.11 Å². The molecule has 0 fully saturated rings. The molecule has 54 heavy (non-hydrogen) atoms. The summed E-state index contributed by atoms with van der Waals surface area (Å²) >= 11 is 3.77. The molecule has 0 bridgehead atoms. The second-order valence-electron chi connectivity index (χ2n) is 16.0. The predicted molar refractivity (Wildman–Crippen MR) is 233 cm³/mol. The van der Waals surface area contributed by atoms with Crippen molar-refractivity contribution in [3.63, 3.8) is 0 Å². The van der Waals surface area contributed by atoms with E-state index in [4.69, 9.17) is 4.98 Å². The van der Waals surface area contributed by atoms with Gasteiger partial charge in [-0.15, -0.1) is 51.8 Å². The molecule has 0 saturated carbocycles. The molecule has 289 valence electrons. The van der Waals surface area contributed by atoms with Gasteiger partial charge in [0.25, 0.3) is 0 Å². The molecule has 0 saturated heterocycles. The van der Waals surface area contributed by atoms with Gasteiger partial charge in [0.05, 0.1) is 16.0 Å². The number of aliphatic hydroxyl groups excluding tert-OH is 1. The van der Waals surface area contributed by atoms with Gasteiger partial charge in [0, 0.05) is 58.2 Å². The average molecular weight is 937 g/mol. The van der Waals surface area contributed by atoms with Crippen LogP contribution in [-0.2, 0) is 36.7 Å². The van der Waals surface area contributed by atoms with E-state index in [1.54, 1.807) is 0 Å². The van der Waals surface area contributed by atoms with Crippen LogP contribution in [0.2, 0.25) is 0 Å². The number of benzene rings is 3. The third-order valence-corrected chi connectivity index (χ3v) is 12.6. The van der Waals surface area contributed by atoms with Crippen LogP contribution in [-0.4, -0.2) is 15.9 Å². The summed E-state index contributed by atoms with van der Waals surface area (Å²) in [4.78, 5) is 19.6. The van der Waals surface area contributed by atoms with Crippen molar-refractivity contribution >= 4 is 59.5 Å². The minimum atomic E-state index is 0. The van der Waals surface area contributed by atoms with Gasteiger partial charge in [-0.05, 0) is 91.5 Å². The summed E-state index contributed by atoms with van der Waals surface area (Å²) in [6.45, 7) is 24.0. The number of hydrogen-bond acceptors (Lipinski definition) is 5. The van der Waals surface area contributed by atoms with Gasteiger partial charge in [-0.3, -0.25) is 9.78 Å². The monoisotopic (exact) mass is 937 g/mol. The fourth-order valence-electron chi connectivity index (χ4n) is 7.36. The number of carbonyl (C=O) groups is 1. The van der Waals surface area contributed by atoms with E-state index in [0.29, 0.717) is 5.92 Å². The maximum Gasteiger partial charge on any atom is 0.162 e. The molecular weight excluding hydrogens is 879 g/mol. The normalized spacial score (nSPS) is 12.2. The van der Waals surface area contributed by atoms with Crippen LogP contribution in [0.1, 0.15) is 109 Å². The molecule has 3 heterocycles. The molecule has 0 unspecified atom stereocenters. The number of aryl methyl sites for hydroxylation is 2. The number of rotatable bonds is 11. The molecule has 6 aromatic rings. The third-order valence-electron chi connectivity index (χ3n) is 10.5. The number of hydrogen-bond donors (Lipinski definition) is 1. The van der Waals surface area contributed by atoms with Gasteiger partial charge in [-0.25, -0.2) is 0 Å². The first-order valence-corrected chi connectivity index (χ1v) is 21.2. The minimum absolute atomic E-state index is 0. The summed E-state index contributed by atoms with van der Waals surface area (Å²) in [5.74, 6) is 1.20. The van der Waals surface area contributed by atoms with Crippen molar-refractivity contribution in [3.8, 4) is 22.4 Å². The van der Waals surface area contributed by atoms with E-state index in [0.717, 1.165) is 54.3 Å². The quantitative estimate of drug-likeness (QED) is 0.0800. The van der Waals surface area contributed by atoms with E-state index in [1.807, 2.05) is 50.4 Å². The second-order valence-corrected chi connectivity index (χ2v) is 18.5. The van der Waals surface area contributed by atoms with E-state index >= 15 is 0 Å². The smallest absolute Gasteiger partial charge is 0.162 e. The van der Waals surface area contributed by atoms with Crippen LogP contribution in [0, 0.1) is 37.7 Å². The summed E-state index contributed by atoms with van der Waals surface area (Å²) in [5, 5.41) is 13.6. The van der Waals surface area contributed by atoms with E-state index in [-0.39, 0.29) is 48.9 Å². The molecule has 1 N–H and O–H groups in total. The van der Waals surface area contributed by atoms with E-state index < -0.39 is 0 Å². The molecule has 1 radical (unpaired) electrons. The zero-order valence-electron chi connectivity index (χ0n) is 34.1. The summed E-state index contributed by atoms with van der Waals surface area (Å²) < 4.78 is 2.64. The van der Waals surface area contributed by atoms with Crippen molar-refractivity contribution in [1.82, 2.24) is 4.98 Å². The Balaban J connectivity index is 0.000000347. The minimum Gasteiger partial charge on any atom is -0.512 e. The van der Waals surface area contributed by atoms with Gasteiger partial charge in [-0.1, -0.05) is 110 Å². The van der Waals surface area contributed by atoms with Crippen LogP contribution in [0.4, 0.5) is 0 Å². The fourth-order valence-corrected chi connectivity index (χ4v) is 9.49. The Morgan fingerprint density at radius 1 is 0.870 bits per heavy atom. The maximum absolute atomic E-state index is 11.7. The zero-order valence-corrected chi connectivity index (χ0v) is 38.1. The Bertz CT molecular complexity index is 2240. The molecule has 3 nitrogen and oxygen atoms in total. The van der Waals surface area contributed by atoms with Crippen molar-refractivity contribution in [2.45, 2.75) is 114 Å². The summed E-state index contributed by atoms with van der Waals surface area (Å²) in [7, 11) is 0. The van der Waals surface area contributed by atoms with Gasteiger partial charge in [0.1, 0.15) is 0 Å². The van der Waals surface area contributed by atoms with Crippen molar-refractivity contribution < 1.29 is 30.0 Å². The predicted octanol–water partition coefficient (Wildman–Crippen LogP) is 14.8. The number of aromatic nitrogens is 1. The standard InChI is InChI=1S/C35H34NS2.C13H24O2.Ir/c1-20(2)14-28-22(4)38-33-18-24(12-13-27(28)33)29-19-31(36-32-15-21(3)37-34(29)32)25-16-23-10-8-9-11-26(23)30(17-25)35(5,6)7;1-5-10(6-2)12(14)9-13(15)11(7-3)8-4;/h8-13,15,17-20H,14H2,1-7H3;9-11,14H,5-8H2,1-4H3;/q-1;;/b;12-9-;. The van der Waals surface area contributed by atoms with E-state index in [9.17, 15) is 9.90 Å². The molecule has 0 atom stereocenters. The Kier molecular flexibility index (Phi) is 15.1. The maximum atomic E-state index is 11.7. The SMILES string of the molecule is CCC(CC)C(=O)/C=C(\O)C(CC)CC.Cc1cc2nc(-c3[c-]c4ccccc4c(C(C)(C)C)c3)cc(-c3ccc4c(CC(C)C)c(C)sc4c3)c2s1.[Ir]. The molecule has 0 aliphatic rings. The zero-order chi connectivity index (χ0) is 38.6. The Morgan fingerprint density at radius 2 is 1.54 bits per heavy atom. The number of nitrogens with zero attached hydrogens (tertiary/aromatic N) is 1. The molecule has 0 aliphatic heterocycles. The molecule has 0 spiro atoms. The topological polar surface area (TPSA) is 50.2 Å². The second kappa shape index (κ2) is 18.7. The van der Waals surface area contributed by atoms with Gasteiger partial charge in [0.15, 0.2) is 5.78 Å². The molecule has 3 aromatic carbocycles. The number of allylic oxidation sites excluding steroid dienone is 2. The average Bonchev–Trinajstić information content (AvgIpc) is 3.65. The molecule has 3 aromatic heterocycles. The van der Waals surface area contributed by atoms with Crippen molar-refractivity contribution in [2.75, 3.05) is 0 Å². The van der Waals surface area contributed by atoms with Gasteiger partial charge in [-0.2, -0.15) is 0 Å². The van der Waals surface area contributed by atoms with Crippen LogP contribution in [0.3, 0.4) is 0 Å². The Morgan fingerprint density at radius 3 is 2.17 bits per heavy atom. The summed E-state index contributed by atoms with van der Waals surface area (Å²) in [6, 6.07) is 26.2. The summed E-state index contributed by atoms with van der Waals surface area (Å²) in [5.41, 5.74) is 8.52. The first-order chi connectivity index (χ1) is 25.2. The van der Waals surface area contributed by atoms with Crippen LogP contribution >= 0.6 is 22.7 Å². The van der Waals surface area contributed by atoms with Crippen molar-refractivity contribution in [2.24, 2.45) is 17.8 Å². The third kappa shape index (κ3) is 9.80. The number of thiophene rings is 2. The first-order valence-electron chi connectivity index (χ1n) is 19.5. The van der Waals surface area contributed by atoms with Crippen LogP contribution in [0.5, 0.6) is 0 Å². The molecule has 6 rings (SSSR count). The molecule has 0 amide bonds. The van der Waals surface area contributed by atoms with Crippen LogP contribution in [0.15, 0.2) is 72.5 Å². The first kappa shape index (κ1) is 43.6. The Hall–Kier alpha value is -3.15. The van der Waals surface area contributed by atoms with Gasteiger partial charge >= 0.3 is 0 Å². The largest absolute Gasteiger partial charge is 0.512 e. The summed E-state index contributed by atoms with van der Waals surface area (Å²) in [6.07, 6.45) is 6.04. The van der Waals surface area contributed by atoms with Crippen molar-refractivity contribution in [3.05, 3.63) is 99.4 Å².